The summed E-state index contributed by atoms with van der Waals surface area (Å²) in [7, 11) is 0. The van der Waals surface area contributed by atoms with Crippen LogP contribution in [0.25, 0.3) is 4.96 Å². The average Bonchev–Trinajstić information content (AvgIpc) is 3.22. The van der Waals surface area contributed by atoms with Crippen molar-refractivity contribution in [1.82, 2.24) is 24.4 Å². The van der Waals surface area contributed by atoms with Gasteiger partial charge in [-0.3, -0.25) is 4.90 Å². The van der Waals surface area contributed by atoms with Gasteiger partial charge in [0.1, 0.15) is 5.82 Å². The van der Waals surface area contributed by atoms with E-state index in [1.165, 1.54) is 21.4 Å². The van der Waals surface area contributed by atoms with Gasteiger partial charge in [-0.25, -0.2) is 9.78 Å². The van der Waals surface area contributed by atoms with Gasteiger partial charge in [0.2, 0.25) is 10.8 Å². The molecule has 3 heterocycles. The van der Waals surface area contributed by atoms with E-state index in [-0.39, 0.29) is 18.0 Å². The summed E-state index contributed by atoms with van der Waals surface area (Å²) < 4.78 is 6.64. The lowest BCUT2D eigenvalue weighted by Crippen LogP contribution is -2.49. The zero-order valence-electron chi connectivity index (χ0n) is 16.8. The molecule has 8 nitrogen and oxygen atoms in total. The molecule has 0 saturated carbocycles. The van der Waals surface area contributed by atoms with Crippen LogP contribution in [-0.2, 0) is 4.74 Å². The molecule has 1 saturated heterocycles. The Hall–Kier alpha value is -2.65. The Labute approximate surface area is 173 Å². The van der Waals surface area contributed by atoms with Crippen LogP contribution in [0, 0.1) is 13.8 Å². The fourth-order valence-electron chi connectivity index (χ4n) is 3.68. The number of thiazole rings is 1. The van der Waals surface area contributed by atoms with E-state index < -0.39 is 0 Å². The summed E-state index contributed by atoms with van der Waals surface area (Å²) in [6, 6.07) is 8.22. The quantitative estimate of drug-likeness (QED) is 0.705. The Morgan fingerprint density at radius 1 is 1.21 bits per heavy atom. The number of rotatable bonds is 4. The second-order valence-corrected chi connectivity index (χ2v) is 8.19. The topological polar surface area (TPSA) is 83.2 Å². The normalized spacial score (nSPS) is 16.3. The highest BCUT2D eigenvalue weighted by Crippen LogP contribution is 2.40. The summed E-state index contributed by atoms with van der Waals surface area (Å²) in [6.07, 6.45) is -0.267. The van der Waals surface area contributed by atoms with Crippen LogP contribution >= 0.6 is 11.3 Å². The number of carbonyl (C=O) groups excluding carboxylic acids is 1. The molecule has 1 fully saturated rings. The molecule has 0 spiro atoms. The summed E-state index contributed by atoms with van der Waals surface area (Å²) >= 11 is 1.45. The fraction of sp³-hybridized carbons (Fsp3) is 0.450. The molecule has 0 aliphatic carbocycles. The number of carbonyl (C=O) groups is 1. The van der Waals surface area contributed by atoms with E-state index in [1.54, 1.807) is 4.90 Å². The summed E-state index contributed by atoms with van der Waals surface area (Å²) in [5.74, 6) is 0.761. The van der Waals surface area contributed by atoms with Gasteiger partial charge in [-0.1, -0.05) is 41.2 Å². The molecule has 0 bridgehead atoms. The minimum atomic E-state index is -0.267. The number of piperazine rings is 1. The maximum atomic E-state index is 12.0. The van der Waals surface area contributed by atoms with Crippen molar-refractivity contribution in [2.45, 2.75) is 26.8 Å². The van der Waals surface area contributed by atoms with E-state index in [0.717, 1.165) is 10.4 Å². The highest BCUT2D eigenvalue weighted by atomic mass is 32.1. The van der Waals surface area contributed by atoms with E-state index in [1.807, 2.05) is 13.8 Å². The van der Waals surface area contributed by atoms with Crippen LogP contribution in [0.1, 0.15) is 34.8 Å². The molecular formula is C20H25N5O3S. The third-order valence-corrected chi connectivity index (χ3v) is 6.23. The minimum absolute atomic E-state index is 0.129. The van der Waals surface area contributed by atoms with Crippen molar-refractivity contribution in [3.05, 3.63) is 46.1 Å². The van der Waals surface area contributed by atoms with E-state index in [9.17, 15) is 9.90 Å². The van der Waals surface area contributed by atoms with E-state index in [2.05, 4.69) is 46.2 Å². The van der Waals surface area contributed by atoms with Crippen LogP contribution in [-0.4, -0.2) is 68.4 Å². The highest BCUT2D eigenvalue weighted by molar-refractivity contribution is 7.17. The zero-order valence-corrected chi connectivity index (χ0v) is 17.6. The lowest BCUT2D eigenvalue weighted by atomic mass is 10.0. The van der Waals surface area contributed by atoms with Gasteiger partial charge in [-0.2, -0.15) is 4.52 Å². The predicted molar refractivity (Wildman–Crippen MR) is 110 cm³/mol. The summed E-state index contributed by atoms with van der Waals surface area (Å²) in [4.78, 5) is 22.0. The number of hydrogen-bond acceptors (Lipinski definition) is 7. The number of aromatic nitrogens is 3. The minimum Gasteiger partial charge on any atom is -0.492 e. The predicted octanol–water partition coefficient (Wildman–Crippen LogP) is 2.98. The number of aryl methyl sites for hydroxylation is 2. The smallest absolute Gasteiger partial charge is 0.409 e. The second-order valence-electron chi connectivity index (χ2n) is 7.18. The molecule has 3 aromatic rings. The van der Waals surface area contributed by atoms with Gasteiger partial charge in [0.05, 0.1) is 17.5 Å². The SMILES string of the molecule is CCOC(=O)N1CCN([C@H](c2ccc(C)cc2)c2sc3nc(C)nn3c2O)CC1. The lowest BCUT2D eigenvalue weighted by Gasteiger charge is -2.38. The second kappa shape index (κ2) is 8.00. The Morgan fingerprint density at radius 2 is 1.90 bits per heavy atom. The molecule has 29 heavy (non-hydrogen) atoms. The maximum Gasteiger partial charge on any atom is 0.409 e. The molecule has 9 heteroatoms. The van der Waals surface area contributed by atoms with E-state index in [4.69, 9.17) is 4.74 Å². The highest BCUT2D eigenvalue weighted by Gasteiger charge is 2.32. The first-order valence-corrected chi connectivity index (χ1v) is 10.6. The number of fused-ring (bicyclic) bond motifs is 1. The number of nitrogens with zero attached hydrogens (tertiary/aromatic N) is 5. The molecule has 4 rings (SSSR count). The Bertz CT molecular complexity index is 1010. The van der Waals surface area contributed by atoms with Gasteiger partial charge in [0.15, 0.2) is 0 Å². The van der Waals surface area contributed by atoms with Gasteiger partial charge in [-0.05, 0) is 26.3 Å². The van der Waals surface area contributed by atoms with Crippen molar-refractivity contribution in [1.29, 1.82) is 0 Å². The van der Waals surface area contributed by atoms with Crippen molar-refractivity contribution in [3.8, 4) is 5.88 Å². The first-order chi connectivity index (χ1) is 14.0. The molecule has 1 N–H and O–H groups in total. The van der Waals surface area contributed by atoms with Crippen LogP contribution < -0.4 is 0 Å². The Morgan fingerprint density at radius 3 is 2.52 bits per heavy atom. The van der Waals surface area contributed by atoms with Crippen LogP contribution in [0.3, 0.4) is 0 Å². The van der Waals surface area contributed by atoms with Crippen LogP contribution in [0.15, 0.2) is 24.3 Å². The molecule has 0 unspecified atom stereocenters. The van der Waals surface area contributed by atoms with Crippen molar-refractivity contribution in [3.63, 3.8) is 0 Å². The van der Waals surface area contributed by atoms with Crippen LogP contribution in [0.2, 0.25) is 0 Å². The standard InChI is InChI=1S/C20H25N5O3S/c1-4-28-20(27)24-11-9-23(10-12-24)16(15-7-5-13(2)6-8-15)17-18(26)25-19(29-17)21-14(3)22-25/h5-8,16,26H,4,9-12H2,1-3H3/t16-/m1/s1. The average molecular weight is 416 g/mol. The summed E-state index contributed by atoms with van der Waals surface area (Å²) in [5, 5.41) is 15.2. The number of amides is 1. The number of ether oxygens (including phenoxy) is 1. The number of benzene rings is 1. The van der Waals surface area contributed by atoms with E-state index >= 15 is 0 Å². The molecule has 1 amide bonds. The molecule has 154 valence electrons. The molecule has 0 radical (unpaired) electrons. The molecule has 1 atom stereocenters. The van der Waals surface area contributed by atoms with Gasteiger partial charge >= 0.3 is 6.09 Å². The van der Waals surface area contributed by atoms with Gasteiger partial charge in [0.25, 0.3) is 0 Å². The van der Waals surface area contributed by atoms with Crippen molar-refractivity contribution in [2.24, 2.45) is 0 Å². The fourth-order valence-corrected chi connectivity index (χ4v) is 4.84. The van der Waals surface area contributed by atoms with Crippen molar-refractivity contribution >= 4 is 22.4 Å². The molecule has 1 aromatic carbocycles. The van der Waals surface area contributed by atoms with Crippen molar-refractivity contribution in [2.75, 3.05) is 32.8 Å². The Kier molecular flexibility index (Phi) is 5.42. The number of aromatic hydroxyl groups is 1. The monoisotopic (exact) mass is 415 g/mol. The third kappa shape index (κ3) is 3.79. The maximum absolute atomic E-state index is 12.0. The molecular weight excluding hydrogens is 390 g/mol. The Balaban J connectivity index is 1.66. The first kappa shape index (κ1) is 19.7. The van der Waals surface area contributed by atoms with Gasteiger partial charge < -0.3 is 14.7 Å². The summed E-state index contributed by atoms with van der Waals surface area (Å²) in [6.45, 7) is 8.59. The van der Waals surface area contributed by atoms with Crippen molar-refractivity contribution < 1.29 is 14.6 Å². The number of hydrogen-bond donors (Lipinski definition) is 1. The summed E-state index contributed by atoms with van der Waals surface area (Å²) in [5.41, 5.74) is 2.28. The van der Waals surface area contributed by atoms with Crippen LogP contribution in [0.4, 0.5) is 4.79 Å². The van der Waals surface area contributed by atoms with E-state index in [0.29, 0.717) is 43.6 Å². The first-order valence-electron chi connectivity index (χ1n) is 9.75. The molecule has 2 aromatic heterocycles. The van der Waals surface area contributed by atoms with Gasteiger partial charge in [-0.15, -0.1) is 5.10 Å². The largest absolute Gasteiger partial charge is 0.492 e. The third-order valence-electron chi connectivity index (χ3n) is 5.15. The molecule has 1 aliphatic heterocycles. The molecule has 1 aliphatic rings. The lowest BCUT2D eigenvalue weighted by molar-refractivity contribution is 0.0715. The zero-order chi connectivity index (χ0) is 20.5. The van der Waals surface area contributed by atoms with Crippen LogP contribution in [0.5, 0.6) is 5.88 Å². The van der Waals surface area contributed by atoms with Gasteiger partial charge in [0, 0.05) is 26.2 Å².